The van der Waals surface area contributed by atoms with E-state index < -0.39 is 5.79 Å². The fourth-order valence-electron chi connectivity index (χ4n) is 7.01. The Balaban J connectivity index is 1.14. The van der Waals surface area contributed by atoms with Gasteiger partial charge in [-0.1, -0.05) is 47.5 Å². The third kappa shape index (κ3) is 5.26. The molecule has 242 valence electrons. The zero-order chi connectivity index (χ0) is 32.2. The summed E-state index contributed by atoms with van der Waals surface area (Å²) in [6.07, 6.45) is 2.03. The molecule has 46 heavy (non-hydrogen) atoms. The summed E-state index contributed by atoms with van der Waals surface area (Å²) in [4.78, 5) is 32.5. The van der Waals surface area contributed by atoms with Crippen LogP contribution in [0.3, 0.4) is 0 Å². The third-order valence-corrected chi connectivity index (χ3v) is 10.2. The van der Waals surface area contributed by atoms with Crippen LogP contribution in [-0.2, 0) is 25.5 Å². The largest absolute Gasteiger partial charge is 0.472 e. The van der Waals surface area contributed by atoms with Gasteiger partial charge in [0.05, 0.1) is 78.9 Å². The molecule has 3 fully saturated rings. The second-order valence-corrected chi connectivity index (χ2v) is 12.9. The minimum Gasteiger partial charge on any atom is -0.472 e. The molecule has 1 amide bonds. The Morgan fingerprint density at radius 3 is 2.28 bits per heavy atom. The van der Waals surface area contributed by atoms with Crippen molar-refractivity contribution in [2.45, 2.75) is 37.3 Å². The number of esters is 1. The molecule has 3 aromatic rings. The van der Waals surface area contributed by atoms with Crippen LogP contribution < -0.4 is 14.5 Å². The van der Waals surface area contributed by atoms with Gasteiger partial charge in [0.1, 0.15) is 5.75 Å². The van der Waals surface area contributed by atoms with Crippen LogP contribution in [-0.4, -0.2) is 89.0 Å². The summed E-state index contributed by atoms with van der Waals surface area (Å²) in [5, 5.41) is 0.518. The van der Waals surface area contributed by atoms with Gasteiger partial charge in [0.25, 0.3) is 5.91 Å². The molecule has 0 radical (unpaired) electrons. The van der Waals surface area contributed by atoms with Gasteiger partial charge in [0.15, 0.2) is 6.73 Å². The molecule has 12 heteroatoms. The quantitative estimate of drug-likeness (QED) is 0.235. The van der Waals surface area contributed by atoms with E-state index in [4.69, 9.17) is 46.9 Å². The van der Waals surface area contributed by atoms with Crippen molar-refractivity contribution in [2.24, 2.45) is 0 Å². The lowest BCUT2D eigenvalue weighted by molar-refractivity contribution is -0.219. The SMILES string of the molecule is COC(=O)c1ccc(-c2cccc3c2OCN(C(=O)c2c(Cl)cc(N4CC(OC)(OC)C4)cc2Cl)C3)cc1N1C2CCC1COC2. The maximum Gasteiger partial charge on any atom is 0.339 e. The number of methoxy groups -OCH3 is 3. The van der Waals surface area contributed by atoms with Crippen LogP contribution in [0.15, 0.2) is 48.5 Å². The van der Waals surface area contributed by atoms with Gasteiger partial charge in [0, 0.05) is 31.0 Å². The van der Waals surface area contributed by atoms with Crippen molar-refractivity contribution in [1.29, 1.82) is 0 Å². The van der Waals surface area contributed by atoms with Gasteiger partial charge in [-0.25, -0.2) is 4.79 Å². The van der Waals surface area contributed by atoms with Crippen molar-refractivity contribution in [3.8, 4) is 16.9 Å². The maximum absolute atomic E-state index is 13.7. The van der Waals surface area contributed by atoms with Crippen LogP contribution in [0.5, 0.6) is 5.75 Å². The minimum absolute atomic E-state index is 0.0221. The number of morpholine rings is 1. The molecule has 2 bridgehead atoms. The summed E-state index contributed by atoms with van der Waals surface area (Å²) in [6.45, 7) is 2.62. The Labute approximate surface area is 277 Å². The first-order valence-corrected chi connectivity index (χ1v) is 16.0. The Morgan fingerprint density at radius 1 is 0.935 bits per heavy atom. The number of hydrogen-bond donors (Lipinski definition) is 0. The molecule has 7 rings (SSSR count). The predicted molar refractivity (Wildman–Crippen MR) is 174 cm³/mol. The fraction of sp³-hybridized carbons (Fsp3) is 0.412. The number of anilines is 2. The molecular weight excluding hydrogens is 633 g/mol. The highest BCUT2D eigenvalue weighted by molar-refractivity contribution is 6.40. The van der Waals surface area contributed by atoms with Crippen LogP contribution in [0.2, 0.25) is 10.0 Å². The lowest BCUT2D eigenvalue weighted by atomic mass is 9.97. The molecule has 0 spiro atoms. The second-order valence-electron chi connectivity index (χ2n) is 12.1. The van der Waals surface area contributed by atoms with E-state index in [0.29, 0.717) is 44.2 Å². The van der Waals surface area contributed by atoms with Crippen molar-refractivity contribution in [3.05, 3.63) is 75.3 Å². The van der Waals surface area contributed by atoms with Crippen molar-refractivity contribution in [1.82, 2.24) is 4.90 Å². The van der Waals surface area contributed by atoms with E-state index in [2.05, 4.69) is 4.90 Å². The highest BCUT2D eigenvalue weighted by Gasteiger charge is 2.44. The standard InChI is InChI=1S/C34H35Cl2N3O7/c1-42-33(41)26-10-7-20(11-29(26)39-22-8-9-23(39)16-45-15-22)25-6-4-5-21-14-37(19-46-31(21)25)32(40)30-27(35)12-24(13-28(30)36)38-17-34(18-38,43-2)44-3/h4-7,10-13,22-23H,8-9,14-19H2,1-3H3. The number of carbonyl (C=O) groups excluding carboxylic acids is 2. The van der Waals surface area contributed by atoms with E-state index in [1.807, 2.05) is 41.3 Å². The minimum atomic E-state index is -0.669. The third-order valence-electron chi connectivity index (χ3n) is 9.56. The van der Waals surface area contributed by atoms with Crippen LogP contribution in [0.1, 0.15) is 39.1 Å². The summed E-state index contributed by atoms with van der Waals surface area (Å²) in [6, 6.07) is 15.6. The maximum atomic E-state index is 13.7. The number of amides is 1. The van der Waals surface area contributed by atoms with E-state index in [1.54, 1.807) is 31.3 Å². The zero-order valence-electron chi connectivity index (χ0n) is 25.9. The highest BCUT2D eigenvalue weighted by atomic mass is 35.5. The molecule has 4 aliphatic rings. The van der Waals surface area contributed by atoms with Crippen LogP contribution >= 0.6 is 23.2 Å². The first-order chi connectivity index (χ1) is 22.3. The molecule has 3 aromatic carbocycles. The first kappa shape index (κ1) is 31.1. The number of nitrogens with zero attached hydrogens (tertiary/aromatic N) is 3. The number of para-hydroxylation sites is 1. The van der Waals surface area contributed by atoms with Gasteiger partial charge in [-0.05, 0) is 42.7 Å². The van der Waals surface area contributed by atoms with Crippen molar-refractivity contribution >= 4 is 46.5 Å². The Morgan fingerprint density at radius 2 is 1.63 bits per heavy atom. The zero-order valence-corrected chi connectivity index (χ0v) is 27.4. The predicted octanol–water partition coefficient (Wildman–Crippen LogP) is 5.62. The summed E-state index contributed by atoms with van der Waals surface area (Å²) in [7, 11) is 4.62. The van der Waals surface area contributed by atoms with Gasteiger partial charge in [-0.15, -0.1) is 0 Å². The molecule has 10 nitrogen and oxygen atoms in total. The summed E-state index contributed by atoms with van der Waals surface area (Å²) in [5.41, 5.74) is 5.00. The molecule has 2 atom stereocenters. The lowest BCUT2D eigenvalue weighted by Crippen LogP contribution is -2.64. The molecule has 2 unspecified atom stereocenters. The number of fused-ring (bicyclic) bond motifs is 3. The number of hydrogen-bond acceptors (Lipinski definition) is 9. The average Bonchev–Trinajstić information content (AvgIpc) is 3.30. The number of halogens is 2. The van der Waals surface area contributed by atoms with E-state index in [-0.39, 0.29) is 46.3 Å². The molecular formula is C34H35Cl2N3O7. The number of carbonyl (C=O) groups is 2. The topological polar surface area (TPSA) is 90.0 Å². The fourth-order valence-corrected chi connectivity index (χ4v) is 7.65. The van der Waals surface area contributed by atoms with E-state index in [9.17, 15) is 9.59 Å². The summed E-state index contributed by atoms with van der Waals surface area (Å²) < 4.78 is 28.2. The summed E-state index contributed by atoms with van der Waals surface area (Å²) in [5.74, 6) is -0.672. The molecule has 4 aliphatic heterocycles. The average molecular weight is 669 g/mol. The number of rotatable bonds is 7. The van der Waals surface area contributed by atoms with Crippen LogP contribution in [0.25, 0.3) is 11.1 Å². The molecule has 0 N–H and O–H groups in total. The number of benzene rings is 3. The lowest BCUT2D eigenvalue weighted by Gasteiger charge is -2.48. The van der Waals surface area contributed by atoms with Gasteiger partial charge < -0.3 is 38.4 Å². The second kappa shape index (κ2) is 12.2. The van der Waals surface area contributed by atoms with Gasteiger partial charge in [-0.3, -0.25) is 4.79 Å². The van der Waals surface area contributed by atoms with Gasteiger partial charge >= 0.3 is 5.97 Å². The Bertz CT molecular complexity index is 1650. The smallest absolute Gasteiger partial charge is 0.339 e. The Kier molecular flexibility index (Phi) is 8.27. The normalized spacial score (nSPS) is 21.4. The molecule has 3 saturated heterocycles. The molecule has 0 saturated carbocycles. The van der Waals surface area contributed by atoms with E-state index in [0.717, 1.165) is 40.9 Å². The van der Waals surface area contributed by atoms with E-state index >= 15 is 0 Å². The van der Waals surface area contributed by atoms with Crippen LogP contribution in [0.4, 0.5) is 11.4 Å². The van der Waals surface area contributed by atoms with Crippen molar-refractivity contribution in [2.75, 3.05) is 64.2 Å². The highest BCUT2D eigenvalue weighted by Crippen LogP contribution is 2.43. The molecule has 0 aromatic heterocycles. The summed E-state index contributed by atoms with van der Waals surface area (Å²) >= 11 is 13.3. The molecule has 0 aliphatic carbocycles. The van der Waals surface area contributed by atoms with Gasteiger partial charge in [-0.2, -0.15) is 0 Å². The first-order valence-electron chi connectivity index (χ1n) is 15.2. The van der Waals surface area contributed by atoms with Crippen LogP contribution in [0, 0.1) is 0 Å². The van der Waals surface area contributed by atoms with Gasteiger partial charge in [0.2, 0.25) is 5.79 Å². The van der Waals surface area contributed by atoms with E-state index in [1.165, 1.54) is 7.11 Å². The molecule has 4 heterocycles. The van der Waals surface area contributed by atoms with Crippen molar-refractivity contribution in [3.63, 3.8) is 0 Å². The Hall–Kier alpha value is -3.54. The van der Waals surface area contributed by atoms with Crippen molar-refractivity contribution < 1.29 is 33.3 Å². The monoisotopic (exact) mass is 667 g/mol. The number of ether oxygens (including phenoxy) is 5.